The summed E-state index contributed by atoms with van der Waals surface area (Å²) in [6.45, 7) is 6.25. The van der Waals surface area contributed by atoms with Crippen LogP contribution in [0.1, 0.15) is 51.5 Å². The molecule has 0 amide bonds. The first-order valence-corrected chi connectivity index (χ1v) is 20.6. The first-order valence-electron chi connectivity index (χ1n) is 15.9. The number of rotatable bonds is 10. The molecule has 0 saturated carbocycles. The fourth-order valence-electron chi connectivity index (χ4n) is 6.33. The van der Waals surface area contributed by atoms with E-state index in [0.29, 0.717) is 42.0 Å². The highest BCUT2D eigenvalue weighted by Gasteiger charge is 2.32. The van der Waals surface area contributed by atoms with E-state index in [1.54, 1.807) is 23.1 Å². The van der Waals surface area contributed by atoms with Gasteiger partial charge in [0.25, 0.3) is 25.2 Å². The van der Waals surface area contributed by atoms with Crippen LogP contribution in [0, 0.1) is 5.92 Å². The van der Waals surface area contributed by atoms with Gasteiger partial charge in [-0.25, -0.2) is 0 Å². The lowest BCUT2D eigenvalue weighted by Crippen LogP contribution is -2.37. The predicted octanol–water partition coefficient (Wildman–Crippen LogP) is 6.17. The molecule has 0 spiro atoms. The van der Waals surface area contributed by atoms with Gasteiger partial charge < -0.3 is 23.8 Å². The maximum atomic E-state index is 11.8. The van der Waals surface area contributed by atoms with Crippen molar-refractivity contribution >= 4 is 65.3 Å². The number of thioether (sulfide) groups is 1. The number of thiazole rings is 1. The fourth-order valence-corrected chi connectivity index (χ4v) is 9.49. The quantitative estimate of drug-likeness (QED) is 0.180. The van der Waals surface area contributed by atoms with Gasteiger partial charge in [-0.1, -0.05) is 36.1 Å². The Morgan fingerprint density at radius 2 is 1.53 bits per heavy atom. The van der Waals surface area contributed by atoms with Crippen LogP contribution in [-0.4, -0.2) is 56.6 Å². The third kappa shape index (κ3) is 7.17. The molecule has 1 aromatic heterocycles. The Morgan fingerprint density at radius 1 is 0.898 bits per heavy atom. The van der Waals surface area contributed by atoms with Gasteiger partial charge in [-0.15, -0.1) is 0 Å². The van der Waals surface area contributed by atoms with Crippen LogP contribution in [0.25, 0.3) is 16.3 Å². The molecule has 49 heavy (non-hydrogen) atoms. The van der Waals surface area contributed by atoms with Crippen LogP contribution in [0.5, 0.6) is 23.0 Å². The first-order chi connectivity index (χ1) is 23.2. The van der Waals surface area contributed by atoms with E-state index in [-0.39, 0.29) is 26.4 Å². The number of ether oxygens (including phenoxy) is 4. The molecule has 12 nitrogen and oxygen atoms in total. The molecule has 3 aliphatic heterocycles. The molecular formula is C33H37N2O10S4+. The summed E-state index contributed by atoms with van der Waals surface area (Å²) in [7, 11) is -8.35. The summed E-state index contributed by atoms with van der Waals surface area (Å²) < 4.78 is 92.1. The maximum Gasteiger partial charge on any atom is 0.267 e. The lowest BCUT2D eigenvalue weighted by Gasteiger charge is -2.24. The summed E-state index contributed by atoms with van der Waals surface area (Å²) in [5, 5.41) is 0.0270. The van der Waals surface area contributed by atoms with Crippen molar-refractivity contribution in [3.8, 4) is 23.0 Å². The van der Waals surface area contributed by atoms with Crippen LogP contribution in [-0.2, 0) is 26.8 Å². The van der Waals surface area contributed by atoms with Crippen LogP contribution >= 0.6 is 23.1 Å². The van der Waals surface area contributed by atoms with Crippen molar-refractivity contribution in [2.24, 2.45) is 5.92 Å². The second-order valence-corrected chi connectivity index (χ2v) is 18.6. The number of hydrogen-bond donors (Lipinski definition) is 2. The van der Waals surface area contributed by atoms with Crippen molar-refractivity contribution in [3.63, 3.8) is 0 Å². The molecule has 2 aromatic carbocycles. The Labute approximate surface area is 293 Å². The van der Waals surface area contributed by atoms with Gasteiger partial charge in [0.05, 0.1) is 27.3 Å². The van der Waals surface area contributed by atoms with Crippen molar-refractivity contribution < 1.29 is 49.5 Å². The van der Waals surface area contributed by atoms with Gasteiger partial charge in [0, 0.05) is 42.1 Å². The SMILES string of the molecule is CC1CC(C=C2Sc3cc4c(cc3N2CCC(C)S(=O)(=O)O)OCO4)=CC(=Cc2sc3cc4c(cc3[n+]2CCC(C)S(=O)(=O)O)OCO4)C1. The minimum absolute atomic E-state index is 0.147. The van der Waals surface area contributed by atoms with Crippen molar-refractivity contribution in [2.75, 3.05) is 25.0 Å². The summed E-state index contributed by atoms with van der Waals surface area (Å²) in [4.78, 5) is 3.05. The van der Waals surface area contributed by atoms with Crippen molar-refractivity contribution in [3.05, 3.63) is 57.6 Å². The average molecular weight is 750 g/mol. The third-order valence-corrected chi connectivity index (χ3v) is 13.8. The number of nitrogens with zero attached hydrogens (tertiary/aromatic N) is 2. The highest BCUT2D eigenvalue weighted by molar-refractivity contribution is 8.03. The van der Waals surface area contributed by atoms with Crippen LogP contribution in [0.15, 0.2) is 57.5 Å². The maximum absolute atomic E-state index is 11.8. The Morgan fingerprint density at radius 3 is 2.22 bits per heavy atom. The Bertz CT molecular complexity index is 2140. The van der Waals surface area contributed by atoms with Gasteiger partial charge in [-0.2, -0.15) is 21.4 Å². The zero-order valence-electron chi connectivity index (χ0n) is 27.1. The van der Waals surface area contributed by atoms with Crippen LogP contribution in [0.4, 0.5) is 5.69 Å². The second-order valence-electron chi connectivity index (χ2n) is 12.9. The minimum Gasteiger partial charge on any atom is -0.454 e. The fraction of sp³-hybridized carbons (Fsp3) is 0.424. The number of hydrogen-bond acceptors (Lipinski definition) is 11. The summed E-state index contributed by atoms with van der Waals surface area (Å²) >= 11 is 3.16. The monoisotopic (exact) mass is 749 g/mol. The highest BCUT2D eigenvalue weighted by Crippen LogP contribution is 2.52. The van der Waals surface area contributed by atoms with Gasteiger partial charge in [-0.05, 0) is 56.3 Å². The van der Waals surface area contributed by atoms with Crippen LogP contribution < -0.4 is 28.4 Å². The molecule has 2 N–H and O–H groups in total. The molecule has 3 unspecified atom stereocenters. The standard InChI is InChI=1S/C33H36N2O10S4/c1-19-8-22(11-32-34(6-4-20(2)48(36,37)38)24-13-26-28(44-17-42-26)15-30(24)46-32)10-23(9-19)12-33-35(7-5-21(3)49(39,40)41)25-14-27-29(45-18-43-27)16-31(25)47-33/h10-16,19-21H,4-9,17-18H2,1-3H3,(H-,36,37,38,39,40,41)/p+1. The number of aryl methyl sites for hydroxylation is 1. The predicted molar refractivity (Wildman–Crippen MR) is 188 cm³/mol. The average Bonchev–Trinajstić information content (AvgIpc) is 3.80. The molecule has 7 rings (SSSR count). The zero-order valence-corrected chi connectivity index (χ0v) is 30.4. The van der Waals surface area contributed by atoms with Crippen molar-refractivity contribution in [2.45, 2.75) is 68.4 Å². The van der Waals surface area contributed by atoms with E-state index in [9.17, 15) is 25.9 Å². The lowest BCUT2D eigenvalue weighted by molar-refractivity contribution is -0.669. The van der Waals surface area contributed by atoms with E-state index in [2.05, 4.69) is 34.6 Å². The molecule has 4 aliphatic rings. The summed E-state index contributed by atoms with van der Waals surface area (Å²) in [5.74, 6) is 2.94. The normalized spacial score (nSPS) is 21.4. The summed E-state index contributed by atoms with van der Waals surface area (Å²) in [6.07, 6.45) is 8.62. The number of fused-ring (bicyclic) bond motifs is 4. The van der Waals surface area contributed by atoms with E-state index in [0.717, 1.165) is 54.8 Å². The zero-order chi connectivity index (χ0) is 34.7. The molecule has 0 fully saturated rings. The van der Waals surface area contributed by atoms with E-state index < -0.39 is 30.7 Å². The minimum atomic E-state index is -4.18. The van der Waals surface area contributed by atoms with Gasteiger partial charge in [0.2, 0.25) is 19.1 Å². The molecule has 0 bridgehead atoms. The highest BCUT2D eigenvalue weighted by atomic mass is 32.2. The molecular weight excluding hydrogens is 713 g/mol. The van der Waals surface area contributed by atoms with E-state index in [1.165, 1.54) is 13.8 Å². The largest absolute Gasteiger partial charge is 0.454 e. The van der Waals surface area contributed by atoms with Crippen molar-refractivity contribution in [1.82, 2.24) is 0 Å². The Kier molecular flexibility index (Phi) is 9.15. The lowest BCUT2D eigenvalue weighted by atomic mass is 9.87. The molecule has 16 heteroatoms. The first kappa shape index (κ1) is 34.2. The molecule has 262 valence electrons. The topological polar surface area (TPSA) is 153 Å². The smallest absolute Gasteiger partial charge is 0.267 e. The molecule has 0 radical (unpaired) electrons. The number of anilines is 1. The molecule has 4 heterocycles. The number of benzene rings is 2. The van der Waals surface area contributed by atoms with Crippen molar-refractivity contribution in [1.29, 1.82) is 0 Å². The van der Waals surface area contributed by atoms with E-state index >= 15 is 0 Å². The van der Waals surface area contributed by atoms with Gasteiger partial charge in [0.15, 0.2) is 29.5 Å². The van der Waals surface area contributed by atoms with Gasteiger partial charge in [0.1, 0.15) is 4.70 Å². The third-order valence-electron chi connectivity index (χ3n) is 9.14. The number of aromatic nitrogens is 1. The Balaban J connectivity index is 1.24. The van der Waals surface area contributed by atoms with E-state index in [4.69, 9.17) is 18.9 Å². The molecule has 0 saturated heterocycles. The second kappa shape index (κ2) is 13.1. The summed E-state index contributed by atoms with van der Waals surface area (Å²) in [6, 6.07) is 7.73. The van der Waals surface area contributed by atoms with Crippen LogP contribution in [0.3, 0.4) is 0 Å². The summed E-state index contributed by atoms with van der Waals surface area (Å²) in [5.41, 5.74) is 4.02. The molecule has 1 aliphatic carbocycles. The molecule has 3 aromatic rings. The van der Waals surface area contributed by atoms with Gasteiger partial charge >= 0.3 is 0 Å². The Hall–Kier alpha value is -3.28. The van der Waals surface area contributed by atoms with E-state index in [1.807, 2.05) is 24.3 Å². The van der Waals surface area contributed by atoms with Crippen LogP contribution in [0.2, 0.25) is 0 Å². The number of allylic oxidation sites excluding steroid dienone is 4. The van der Waals surface area contributed by atoms with Gasteiger partial charge in [-0.3, -0.25) is 9.11 Å². The molecule has 3 atom stereocenters.